The maximum Gasteiger partial charge on any atom is 0.00956 e. The summed E-state index contributed by atoms with van der Waals surface area (Å²) in [6.07, 6.45) is 10.1. The third kappa shape index (κ3) is 2.13. The Balaban J connectivity index is 1.72. The van der Waals surface area contributed by atoms with E-state index in [0.29, 0.717) is 0 Å². The molecule has 2 aliphatic rings. The summed E-state index contributed by atoms with van der Waals surface area (Å²) in [6.45, 7) is 7.50. The lowest BCUT2D eigenvalue weighted by atomic mass is 9.91. The van der Waals surface area contributed by atoms with Gasteiger partial charge in [0.1, 0.15) is 0 Å². The van der Waals surface area contributed by atoms with Crippen molar-refractivity contribution in [2.24, 2.45) is 5.41 Å². The summed E-state index contributed by atoms with van der Waals surface area (Å²) in [5, 5.41) is 0. The second kappa shape index (κ2) is 4.22. The van der Waals surface area contributed by atoms with Crippen LogP contribution in [0.15, 0.2) is 0 Å². The van der Waals surface area contributed by atoms with E-state index in [1.807, 2.05) is 0 Å². The Bertz CT molecular complexity index is 176. The lowest BCUT2D eigenvalue weighted by Crippen LogP contribution is -2.53. The highest BCUT2D eigenvalue weighted by atomic mass is 15.2. The Morgan fingerprint density at radius 1 is 1.07 bits per heavy atom. The quantitative estimate of drug-likeness (QED) is 0.627. The fourth-order valence-electron chi connectivity index (χ4n) is 2.85. The second-order valence-corrected chi connectivity index (χ2v) is 5.49. The zero-order valence-corrected chi connectivity index (χ0v) is 9.89. The van der Waals surface area contributed by atoms with Crippen LogP contribution in [0.5, 0.6) is 0 Å². The first-order chi connectivity index (χ1) is 6.79. The average Bonchev–Trinajstić information content (AvgIpc) is 2.89. The minimum atomic E-state index is 0.845. The summed E-state index contributed by atoms with van der Waals surface area (Å²) in [5.41, 5.74) is 0.845. The summed E-state index contributed by atoms with van der Waals surface area (Å²) in [7, 11) is 0. The molecule has 1 saturated carbocycles. The van der Waals surface area contributed by atoms with Crippen molar-refractivity contribution in [3.05, 3.63) is 0 Å². The lowest BCUT2D eigenvalue weighted by Gasteiger charge is -2.45. The van der Waals surface area contributed by atoms with Gasteiger partial charge in [-0.3, -0.25) is 4.90 Å². The maximum absolute atomic E-state index is 2.76. The lowest BCUT2D eigenvalue weighted by molar-refractivity contribution is 0.0276. The summed E-state index contributed by atoms with van der Waals surface area (Å²) >= 11 is 0. The first kappa shape index (κ1) is 10.5. The van der Waals surface area contributed by atoms with Gasteiger partial charge in [-0.1, -0.05) is 33.1 Å². The van der Waals surface area contributed by atoms with Crippen molar-refractivity contribution in [3.8, 4) is 0 Å². The van der Waals surface area contributed by atoms with E-state index in [1.54, 1.807) is 0 Å². The number of likely N-dealkylation sites (tertiary alicyclic amines) is 1. The molecule has 1 heterocycles. The maximum atomic E-state index is 2.76. The van der Waals surface area contributed by atoms with Crippen LogP contribution in [0, 0.1) is 5.41 Å². The highest BCUT2D eigenvalue weighted by molar-refractivity contribution is 5.06. The molecule has 1 heteroatoms. The molecule has 0 bridgehead atoms. The molecule has 82 valence electrons. The topological polar surface area (TPSA) is 3.24 Å². The number of hydrogen-bond donors (Lipinski definition) is 0. The van der Waals surface area contributed by atoms with Crippen molar-refractivity contribution in [3.63, 3.8) is 0 Å². The largest absolute Gasteiger partial charge is 0.299 e. The average molecular weight is 195 g/mol. The molecule has 1 nitrogen and oxygen atoms in total. The molecule has 1 atom stereocenters. The summed E-state index contributed by atoms with van der Waals surface area (Å²) in [5.74, 6) is 0. The molecular formula is C13H25N. The molecular weight excluding hydrogens is 170 g/mol. The van der Waals surface area contributed by atoms with Gasteiger partial charge in [0.05, 0.1) is 0 Å². The van der Waals surface area contributed by atoms with Crippen molar-refractivity contribution in [2.75, 3.05) is 13.1 Å². The predicted octanol–water partition coefficient (Wildman–Crippen LogP) is 3.44. The molecule has 1 unspecified atom stereocenters. The molecule has 0 amide bonds. The van der Waals surface area contributed by atoms with Crippen molar-refractivity contribution >= 4 is 0 Å². The molecule has 2 rings (SSSR count). The standard InChI is InChI=1S/C13H25N/c1-3-5-7-12(6-4-2)14-10-13(11-14)8-9-13/h12H,3-11H2,1-2H3. The van der Waals surface area contributed by atoms with E-state index in [2.05, 4.69) is 18.7 Å². The van der Waals surface area contributed by atoms with Gasteiger partial charge in [-0.25, -0.2) is 0 Å². The third-order valence-corrected chi connectivity index (χ3v) is 4.06. The van der Waals surface area contributed by atoms with Crippen LogP contribution in [0.4, 0.5) is 0 Å². The zero-order valence-electron chi connectivity index (χ0n) is 9.89. The van der Waals surface area contributed by atoms with E-state index in [0.717, 1.165) is 11.5 Å². The van der Waals surface area contributed by atoms with Gasteiger partial charge in [0.15, 0.2) is 0 Å². The van der Waals surface area contributed by atoms with Crippen LogP contribution < -0.4 is 0 Å². The third-order valence-electron chi connectivity index (χ3n) is 4.06. The fourth-order valence-corrected chi connectivity index (χ4v) is 2.85. The van der Waals surface area contributed by atoms with E-state index in [4.69, 9.17) is 0 Å². The SMILES string of the molecule is CCCCC(CCC)N1CC2(CC2)C1. The summed E-state index contributed by atoms with van der Waals surface area (Å²) in [4.78, 5) is 2.76. The van der Waals surface area contributed by atoms with Crippen molar-refractivity contribution in [2.45, 2.75) is 64.8 Å². The van der Waals surface area contributed by atoms with Crippen LogP contribution in [0.2, 0.25) is 0 Å². The molecule has 1 spiro atoms. The molecule has 0 aromatic carbocycles. The van der Waals surface area contributed by atoms with Crippen LogP contribution in [0.25, 0.3) is 0 Å². The molecule has 0 radical (unpaired) electrons. The number of rotatable bonds is 6. The first-order valence-corrected chi connectivity index (χ1v) is 6.54. The number of nitrogens with zero attached hydrogens (tertiary/aromatic N) is 1. The van der Waals surface area contributed by atoms with Gasteiger partial charge in [-0.2, -0.15) is 0 Å². The van der Waals surface area contributed by atoms with Crippen molar-refractivity contribution in [1.29, 1.82) is 0 Å². The number of unbranched alkanes of at least 4 members (excludes halogenated alkanes) is 1. The highest BCUT2D eigenvalue weighted by Crippen LogP contribution is 2.53. The first-order valence-electron chi connectivity index (χ1n) is 6.54. The van der Waals surface area contributed by atoms with Gasteiger partial charge in [-0.05, 0) is 31.1 Å². The minimum absolute atomic E-state index is 0.845. The van der Waals surface area contributed by atoms with Crippen LogP contribution >= 0.6 is 0 Å². The molecule has 1 saturated heterocycles. The van der Waals surface area contributed by atoms with Crippen LogP contribution in [0.3, 0.4) is 0 Å². The number of hydrogen-bond acceptors (Lipinski definition) is 1. The molecule has 0 aromatic heterocycles. The van der Waals surface area contributed by atoms with E-state index in [1.165, 1.54) is 58.0 Å². The van der Waals surface area contributed by atoms with Gasteiger partial charge in [0.25, 0.3) is 0 Å². The molecule has 1 aliphatic carbocycles. The van der Waals surface area contributed by atoms with E-state index in [-0.39, 0.29) is 0 Å². The normalized spacial score (nSPS) is 26.1. The Labute approximate surface area is 88.9 Å². The second-order valence-electron chi connectivity index (χ2n) is 5.49. The van der Waals surface area contributed by atoms with Gasteiger partial charge in [0, 0.05) is 19.1 Å². The van der Waals surface area contributed by atoms with Gasteiger partial charge < -0.3 is 0 Å². The molecule has 0 aromatic rings. The van der Waals surface area contributed by atoms with Crippen molar-refractivity contribution < 1.29 is 0 Å². The summed E-state index contributed by atoms with van der Waals surface area (Å²) in [6, 6.07) is 0.922. The van der Waals surface area contributed by atoms with E-state index >= 15 is 0 Å². The molecule has 1 aliphatic heterocycles. The van der Waals surface area contributed by atoms with Gasteiger partial charge in [-0.15, -0.1) is 0 Å². The van der Waals surface area contributed by atoms with Crippen LogP contribution in [-0.4, -0.2) is 24.0 Å². The van der Waals surface area contributed by atoms with E-state index < -0.39 is 0 Å². The zero-order chi connectivity index (χ0) is 10.0. The van der Waals surface area contributed by atoms with Crippen LogP contribution in [0.1, 0.15) is 58.8 Å². The smallest absolute Gasteiger partial charge is 0.00956 e. The summed E-state index contributed by atoms with van der Waals surface area (Å²) < 4.78 is 0. The van der Waals surface area contributed by atoms with Crippen LogP contribution in [-0.2, 0) is 0 Å². The Morgan fingerprint density at radius 2 is 1.79 bits per heavy atom. The Hall–Kier alpha value is -0.0400. The molecule has 14 heavy (non-hydrogen) atoms. The highest BCUT2D eigenvalue weighted by Gasteiger charge is 2.53. The minimum Gasteiger partial charge on any atom is -0.299 e. The monoisotopic (exact) mass is 195 g/mol. The van der Waals surface area contributed by atoms with Crippen molar-refractivity contribution in [1.82, 2.24) is 4.90 Å². The fraction of sp³-hybridized carbons (Fsp3) is 1.00. The Morgan fingerprint density at radius 3 is 2.29 bits per heavy atom. The van der Waals surface area contributed by atoms with Gasteiger partial charge in [0.2, 0.25) is 0 Å². The molecule has 0 N–H and O–H groups in total. The molecule has 2 fully saturated rings. The predicted molar refractivity (Wildman–Crippen MR) is 61.5 cm³/mol. The Kier molecular flexibility index (Phi) is 3.16. The van der Waals surface area contributed by atoms with Gasteiger partial charge >= 0.3 is 0 Å². The van der Waals surface area contributed by atoms with E-state index in [9.17, 15) is 0 Å².